The van der Waals surface area contributed by atoms with Crippen molar-refractivity contribution in [3.8, 4) is 40.1 Å². The molecule has 0 bridgehead atoms. The highest BCUT2D eigenvalue weighted by molar-refractivity contribution is 5.88. The number of esters is 1. The van der Waals surface area contributed by atoms with Crippen LogP contribution in [-0.2, 0) is 14.3 Å². The molecule has 0 spiro atoms. The minimum absolute atomic E-state index is 0.0524. The van der Waals surface area contributed by atoms with E-state index in [1.165, 1.54) is 6.07 Å². The van der Waals surface area contributed by atoms with E-state index in [2.05, 4.69) is 0 Å². The Kier molecular flexibility index (Phi) is 5.96. The Hall–Kier alpha value is -4.00. The average molecular weight is 476 g/mol. The topological polar surface area (TPSA) is 196 Å². The first kappa shape index (κ1) is 23.2. The summed E-state index contributed by atoms with van der Waals surface area (Å²) in [5, 5.41) is 59.7. The molecule has 1 aliphatic rings. The summed E-state index contributed by atoms with van der Waals surface area (Å²) in [6.07, 6.45) is -5.96. The molecule has 2 heterocycles. The van der Waals surface area contributed by atoms with E-state index in [4.69, 9.17) is 18.6 Å². The van der Waals surface area contributed by atoms with Gasteiger partial charge in [0.2, 0.25) is 17.5 Å². The van der Waals surface area contributed by atoms with Crippen molar-refractivity contribution in [2.75, 3.05) is 6.61 Å². The lowest BCUT2D eigenvalue weighted by atomic mass is 10.1. The molecule has 6 N–H and O–H groups in total. The highest BCUT2D eigenvalue weighted by atomic mass is 16.7. The first-order valence-electron chi connectivity index (χ1n) is 9.93. The van der Waals surface area contributed by atoms with Crippen molar-refractivity contribution in [1.82, 2.24) is 0 Å². The molecule has 0 saturated carbocycles. The number of phenols is 4. The highest BCUT2D eigenvalue weighted by Crippen LogP contribution is 2.39. The molecule has 0 amide bonds. The molecular weight excluding hydrogens is 456 g/mol. The third-order valence-corrected chi connectivity index (χ3v) is 5.16. The summed E-state index contributed by atoms with van der Waals surface area (Å²) >= 11 is 0. The molecule has 4 rings (SSSR count). The molecule has 12 heteroatoms. The molecule has 1 saturated heterocycles. The fraction of sp³-hybridized carbons (Fsp3) is 0.273. The number of benzene rings is 2. The van der Waals surface area contributed by atoms with Crippen LogP contribution < -0.4 is 10.2 Å². The van der Waals surface area contributed by atoms with Gasteiger partial charge < -0.3 is 49.3 Å². The van der Waals surface area contributed by atoms with Crippen LogP contribution in [0.3, 0.4) is 0 Å². The minimum Gasteiger partial charge on any atom is -0.508 e. The number of aromatic hydroxyl groups is 4. The van der Waals surface area contributed by atoms with E-state index in [0.29, 0.717) is 0 Å². The number of hydrogen-bond acceptors (Lipinski definition) is 12. The number of fused-ring (bicyclic) bond motifs is 1. The summed E-state index contributed by atoms with van der Waals surface area (Å²) in [7, 11) is 0. The number of aliphatic hydroxyl groups excluding tert-OH is 2. The van der Waals surface area contributed by atoms with Gasteiger partial charge in [-0.15, -0.1) is 0 Å². The van der Waals surface area contributed by atoms with E-state index in [0.717, 1.165) is 31.2 Å². The van der Waals surface area contributed by atoms with Crippen molar-refractivity contribution in [1.29, 1.82) is 0 Å². The maximum absolute atomic E-state index is 13.3. The van der Waals surface area contributed by atoms with Gasteiger partial charge in [-0.05, 0) is 18.2 Å². The molecule has 34 heavy (non-hydrogen) atoms. The quantitative estimate of drug-likeness (QED) is 0.223. The van der Waals surface area contributed by atoms with Gasteiger partial charge in [0.15, 0.2) is 17.3 Å². The lowest BCUT2D eigenvalue weighted by Crippen LogP contribution is -2.36. The first-order valence-corrected chi connectivity index (χ1v) is 9.93. The van der Waals surface area contributed by atoms with E-state index in [1.807, 2.05) is 0 Å². The molecule has 0 radical (unpaired) electrons. The zero-order valence-electron chi connectivity index (χ0n) is 17.5. The standard InChI is InChI=1S/C22H20O12/c1-8(23)31-7-15-17(28)19(30)22(33-15)34-21-18(29)16-13(27)5-10(24)6-14(16)32-20(21)9-2-3-11(25)12(26)4-9/h2-6,15,17,19,22,24-28,30H,7H2,1H3/t15-,17-,19+,22-/m0/s1. The summed E-state index contributed by atoms with van der Waals surface area (Å²) in [6.45, 7) is 0.758. The zero-order chi connectivity index (χ0) is 24.7. The Bertz CT molecular complexity index is 1310. The summed E-state index contributed by atoms with van der Waals surface area (Å²) in [6, 6.07) is 5.47. The van der Waals surface area contributed by atoms with Gasteiger partial charge >= 0.3 is 5.97 Å². The van der Waals surface area contributed by atoms with Gasteiger partial charge in [0.1, 0.15) is 47.4 Å². The summed E-state index contributed by atoms with van der Waals surface area (Å²) in [4.78, 5) is 24.3. The molecule has 1 aromatic heterocycles. The molecule has 0 aliphatic carbocycles. The monoisotopic (exact) mass is 476 g/mol. The van der Waals surface area contributed by atoms with Gasteiger partial charge in [0.25, 0.3) is 0 Å². The highest BCUT2D eigenvalue weighted by Gasteiger charge is 2.45. The van der Waals surface area contributed by atoms with Crippen molar-refractivity contribution in [2.24, 2.45) is 0 Å². The number of aliphatic hydroxyl groups is 2. The van der Waals surface area contributed by atoms with Crippen LogP contribution in [0.25, 0.3) is 22.3 Å². The fourth-order valence-corrected chi connectivity index (χ4v) is 3.50. The van der Waals surface area contributed by atoms with Crippen molar-refractivity contribution >= 4 is 16.9 Å². The molecule has 180 valence electrons. The number of ether oxygens (including phenoxy) is 3. The summed E-state index contributed by atoms with van der Waals surface area (Å²) < 4.78 is 21.5. The Morgan fingerprint density at radius 3 is 2.41 bits per heavy atom. The van der Waals surface area contributed by atoms with E-state index >= 15 is 0 Å². The molecular formula is C22H20O12. The van der Waals surface area contributed by atoms with Crippen molar-refractivity contribution in [3.05, 3.63) is 40.6 Å². The smallest absolute Gasteiger partial charge is 0.302 e. The second-order valence-electron chi connectivity index (χ2n) is 7.58. The maximum atomic E-state index is 13.3. The molecule has 0 unspecified atom stereocenters. The Labute approximate surface area is 190 Å². The Morgan fingerprint density at radius 1 is 1.00 bits per heavy atom. The van der Waals surface area contributed by atoms with Crippen molar-refractivity contribution < 1.29 is 54.1 Å². The predicted molar refractivity (Wildman–Crippen MR) is 113 cm³/mol. The fourth-order valence-electron chi connectivity index (χ4n) is 3.50. The van der Waals surface area contributed by atoms with E-state index in [1.54, 1.807) is 0 Å². The lowest BCUT2D eigenvalue weighted by Gasteiger charge is -2.19. The van der Waals surface area contributed by atoms with Crippen molar-refractivity contribution in [2.45, 2.75) is 31.5 Å². The van der Waals surface area contributed by atoms with Crippen LogP contribution >= 0.6 is 0 Å². The van der Waals surface area contributed by atoms with E-state index < -0.39 is 71.4 Å². The number of hydrogen-bond donors (Lipinski definition) is 6. The van der Waals surface area contributed by atoms with Gasteiger partial charge in [-0.3, -0.25) is 9.59 Å². The van der Waals surface area contributed by atoms with Gasteiger partial charge in [-0.25, -0.2) is 0 Å². The normalized spacial score (nSPS) is 22.1. The second kappa shape index (κ2) is 8.74. The first-order chi connectivity index (χ1) is 16.1. The predicted octanol–water partition coefficient (Wildman–Crippen LogP) is 0.671. The van der Waals surface area contributed by atoms with Crippen LogP contribution in [0.2, 0.25) is 0 Å². The van der Waals surface area contributed by atoms with Crippen LogP contribution in [0.15, 0.2) is 39.5 Å². The number of carbonyl (C=O) groups excluding carboxylic acids is 1. The lowest BCUT2D eigenvalue weighted by molar-refractivity contribution is -0.151. The summed E-state index contributed by atoms with van der Waals surface area (Å²) in [5.74, 6) is -3.51. The largest absolute Gasteiger partial charge is 0.508 e. The second-order valence-corrected chi connectivity index (χ2v) is 7.58. The maximum Gasteiger partial charge on any atom is 0.302 e. The van der Waals surface area contributed by atoms with E-state index in [-0.39, 0.29) is 22.3 Å². The van der Waals surface area contributed by atoms with Gasteiger partial charge in [-0.1, -0.05) is 0 Å². The Morgan fingerprint density at radius 2 is 1.74 bits per heavy atom. The van der Waals surface area contributed by atoms with Crippen LogP contribution in [0, 0.1) is 0 Å². The number of carbonyl (C=O) groups is 1. The number of rotatable bonds is 5. The molecule has 1 fully saturated rings. The zero-order valence-corrected chi connectivity index (χ0v) is 17.5. The van der Waals surface area contributed by atoms with Gasteiger partial charge in [0.05, 0.1) is 0 Å². The van der Waals surface area contributed by atoms with Crippen LogP contribution in [0.4, 0.5) is 0 Å². The molecule has 2 aromatic carbocycles. The minimum atomic E-state index is -1.66. The molecule has 1 aliphatic heterocycles. The van der Waals surface area contributed by atoms with Crippen LogP contribution in [0.1, 0.15) is 6.92 Å². The molecule has 12 nitrogen and oxygen atoms in total. The Balaban J connectivity index is 1.82. The average Bonchev–Trinajstić information content (AvgIpc) is 3.03. The molecule has 3 aromatic rings. The SMILES string of the molecule is CC(=O)OC[C@@H]1O[C@@H](Oc2c(-c3ccc(O)c(O)c3)oc3cc(O)cc(O)c3c2=O)[C@H](O)[C@H]1O. The van der Waals surface area contributed by atoms with Gasteiger partial charge in [-0.2, -0.15) is 0 Å². The van der Waals surface area contributed by atoms with Gasteiger partial charge in [0, 0.05) is 24.6 Å². The van der Waals surface area contributed by atoms with Crippen LogP contribution in [-0.4, -0.2) is 67.8 Å². The van der Waals surface area contributed by atoms with Crippen molar-refractivity contribution in [3.63, 3.8) is 0 Å². The number of phenolic OH excluding ortho intramolecular Hbond substituents is 4. The summed E-state index contributed by atoms with van der Waals surface area (Å²) in [5.41, 5.74) is -1.09. The van der Waals surface area contributed by atoms with Crippen LogP contribution in [0.5, 0.6) is 28.7 Å². The third kappa shape index (κ3) is 4.17. The third-order valence-electron chi connectivity index (χ3n) is 5.16. The molecule has 4 atom stereocenters. The van der Waals surface area contributed by atoms with E-state index in [9.17, 15) is 40.2 Å².